The molecular weight excluding hydrogens is 554 g/mol. The fourth-order valence-corrected chi connectivity index (χ4v) is 5.88. The number of halogens is 3. The highest BCUT2D eigenvalue weighted by Crippen LogP contribution is 2.43. The van der Waals surface area contributed by atoms with Crippen LogP contribution in [0.3, 0.4) is 0 Å². The molecule has 0 unspecified atom stereocenters. The second-order valence-electron chi connectivity index (χ2n) is 8.14. The number of pyridine rings is 1. The number of benzene rings is 1. The number of nitrogens with one attached hydrogen (secondary N) is 1. The van der Waals surface area contributed by atoms with Crippen molar-refractivity contribution in [2.45, 2.75) is 6.18 Å². The van der Waals surface area contributed by atoms with Gasteiger partial charge in [-0.05, 0) is 47.2 Å². The molecular formula is C26H21F3N4O2S3. The van der Waals surface area contributed by atoms with Crippen molar-refractivity contribution < 1.29 is 22.8 Å². The van der Waals surface area contributed by atoms with Gasteiger partial charge in [0.05, 0.1) is 21.8 Å². The number of anilines is 2. The first-order valence-corrected chi connectivity index (χ1v) is 13.6. The zero-order valence-corrected chi connectivity index (χ0v) is 22.5. The van der Waals surface area contributed by atoms with E-state index in [1.54, 1.807) is 36.8 Å². The predicted molar refractivity (Wildman–Crippen MR) is 150 cm³/mol. The molecule has 0 radical (unpaired) electrons. The van der Waals surface area contributed by atoms with Gasteiger partial charge in [-0.25, -0.2) is 4.98 Å². The van der Waals surface area contributed by atoms with Crippen LogP contribution in [0.5, 0.6) is 0 Å². The topological polar surface area (TPSA) is 88.3 Å². The summed E-state index contributed by atoms with van der Waals surface area (Å²) < 4.78 is 39.1. The summed E-state index contributed by atoms with van der Waals surface area (Å²) in [6.45, 7) is 0. The molecule has 3 N–H and O–H groups in total. The van der Waals surface area contributed by atoms with Gasteiger partial charge in [-0.3, -0.25) is 9.59 Å². The number of amides is 2. The smallest absolute Gasteiger partial charge is 0.397 e. The number of aromatic nitrogens is 1. The highest BCUT2D eigenvalue weighted by molar-refractivity contribution is 7.21. The Morgan fingerprint density at radius 1 is 1.03 bits per heavy atom. The summed E-state index contributed by atoms with van der Waals surface area (Å²) in [6, 6.07) is 14.3. The first-order valence-electron chi connectivity index (χ1n) is 11.0. The molecule has 4 aromatic heterocycles. The van der Waals surface area contributed by atoms with Crippen LogP contribution in [-0.2, 0) is 11.0 Å². The molecule has 0 aliphatic carbocycles. The van der Waals surface area contributed by atoms with Gasteiger partial charge >= 0.3 is 6.18 Å². The van der Waals surface area contributed by atoms with Gasteiger partial charge in [-0.1, -0.05) is 18.2 Å². The van der Waals surface area contributed by atoms with Crippen molar-refractivity contribution in [3.8, 4) is 21.0 Å². The summed E-state index contributed by atoms with van der Waals surface area (Å²) in [6.07, 6.45) is -3.75. The number of rotatable bonds is 5. The third-order valence-electron chi connectivity index (χ3n) is 5.12. The summed E-state index contributed by atoms with van der Waals surface area (Å²) in [5.41, 5.74) is 7.50. The number of nitrogens with zero attached hydrogens (tertiary/aromatic N) is 2. The Balaban J connectivity index is 0.000000617. The fraction of sp³-hybridized carbons (Fsp3) is 0.115. The molecule has 2 amide bonds. The van der Waals surface area contributed by atoms with Crippen LogP contribution < -0.4 is 11.1 Å². The van der Waals surface area contributed by atoms with Crippen LogP contribution in [-0.4, -0.2) is 36.3 Å². The molecule has 0 saturated carbocycles. The number of fused-ring (bicyclic) bond motifs is 1. The Morgan fingerprint density at radius 3 is 2.26 bits per heavy atom. The first-order chi connectivity index (χ1) is 18.1. The number of hydrogen-bond donors (Lipinski definition) is 2. The number of nitrogens with two attached hydrogens (primary N) is 1. The molecule has 0 aliphatic rings. The number of hydrogen-bond acceptors (Lipinski definition) is 7. The SMILES string of the molecule is CN(C)C=O.Nc1c(C(=O)Nc2cccc(C(F)(F)F)c2)sc2nc(-c3cccs3)cc(-c3cccs3)c12. The van der Waals surface area contributed by atoms with E-state index < -0.39 is 17.6 Å². The standard InChI is InChI=1S/C23H14F3N3OS3.C3H7NO/c24-23(25,26)12-4-1-5-13(10-12)28-21(30)20-19(27)18-14(16-6-2-8-31-16)11-15(29-22(18)33-20)17-7-3-9-32-17;1-4(2)3-5/h1-11H,27H2,(H,28,30);3H,1-2H3. The van der Waals surface area contributed by atoms with E-state index in [2.05, 4.69) is 5.32 Å². The molecule has 0 bridgehead atoms. The number of alkyl halides is 3. The van der Waals surface area contributed by atoms with Crippen LogP contribution in [0.15, 0.2) is 65.4 Å². The maximum Gasteiger partial charge on any atom is 0.416 e. The predicted octanol–water partition coefficient (Wildman–Crippen LogP) is 7.31. The minimum absolute atomic E-state index is 0.0393. The van der Waals surface area contributed by atoms with Crippen molar-refractivity contribution in [2.75, 3.05) is 25.1 Å². The van der Waals surface area contributed by atoms with Gasteiger partial charge in [0.2, 0.25) is 6.41 Å². The van der Waals surface area contributed by atoms with E-state index in [0.717, 1.165) is 50.9 Å². The Morgan fingerprint density at radius 2 is 1.68 bits per heavy atom. The lowest BCUT2D eigenvalue weighted by Gasteiger charge is -2.09. The number of carbonyl (C=O) groups excluding carboxylic acids is 2. The quantitative estimate of drug-likeness (QED) is 0.216. The van der Waals surface area contributed by atoms with Crippen LogP contribution >= 0.6 is 34.0 Å². The summed E-state index contributed by atoms with van der Waals surface area (Å²) in [4.78, 5) is 31.4. The zero-order valence-electron chi connectivity index (χ0n) is 20.1. The molecule has 4 heterocycles. The van der Waals surface area contributed by atoms with Crippen molar-refractivity contribution >= 4 is 67.9 Å². The molecule has 0 aliphatic heterocycles. The first kappa shape index (κ1) is 27.3. The lowest BCUT2D eigenvalue weighted by atomic mass is 10.1. The molecule has 38 heavy (non-hydrogen) atoms. The van der Waals surface area contributed by atoms with Crippen molar-refractivity contribution in [2.24, 2.45) is 0 Å². The molecule has 1 aromatic carbocycles. The Hall–Kier alpha value is -3.74. The van der Waals surface area contributed by atoms with Gasteiger partial charge in [0, 0.05) is 35.6 Å². The average molecular weight is 575 g/mol. The van der Waals surface area contributed by atoms with Gasteiger partial charge in [0.1, 0.15) is 9.71 Å². The normalized spacial score (nSPS) is 11.1. The highest BCUT2D eigenvalue weighted by atomic mass is 32.1. The van der Waals surface area contributed by atoms with Gasteiger partial charge in [0.25, 0.3) is 5.91 Å². The van der Waals surface area contributed by atoms with Crippen molar-refractivity contribution in [1.82, 2.24) is 9.88 Å². The molecule has 196 valence electrons. The molecule has 5 rings (SSSR count). The van der Waals surface area contributed by atoms with Gasteiger partial charge in [-0.2, -0.15) is 13.2 Å². The molecule has 6 nitrogen and oxygen atoms in total. The number of thiophene rings is 3. The Labute approximate surface area is 228 Å². The largest absolute Gasteiger partial charge is 0.416 e. The third kappa shape index (κ3) is 6.04. The van der Waals surface area contributed by atoms with Gasteiger partial charge in [0.15, 0.2) is 0 Å². The molecule has 0 atom stereocenters. The minimum Gasteiger partial charge on any atom is -0.397 e. The van der Waals surface area contributed by atoms with Crippen LogP contribution in [0.25, 0.3) is 31.2 Å². The maximum absolute atomic E-state index is 13.0. The summed E-state index contributed by atoms with van der Waals surface area (Å²) in [5.74, 6) is -0.579. The van der Waals surface area contributed by atoms with Crippen molar-refractivity contribution in [3.05, 3.63) is 75.8 Å². The van der Waals surface area contributed by atoms with Crippen LogP contribution in [0.1, 0.15) is 15.2 Å². The van der Waals surface area contributed by atoms with Gasteiger partial charge < -0.3 is 16.0 Å². The van der Waals surface area contributed by atoms with E-state index in [-0.39, 0.29) is 16.3 Å². The van der Waals surface area contributed by atoms with Crippen LogP contribution in [0, 0.1) is 0 Å². The van der Waals surface area contributed by atoms with Crippen LogP contribution in [0.2, 0.25) is 0 Å². The maximum atomic E-state index is 13.0. The summed E-state index contributed by atoms with van der Waals surface area (Å²) in [7, 11) is 3.38. The zero-order chi connectivity index (χ0) is 27.4. The lowest BCUT2D eigenvalue weighted by Crippen LogP contribution is -2.13. The third-order valence-corrected chi connectivity index (χ3v) is 8.02. The highest BCUT2D eigenvalue weighted by Gasteiger charge is 2.30. The van der Waals surface area contributed by atoms with E-state index in [1.807, 2.05) is 41.1 Å². The van der Waals surface area contributed by atoms with Crippen LogP contribution in [0.4, 0.5) is 24.5 Å². The molecule has 5 aromatic rings. The molecule has 0 saturated heterocycles. The fourth-order valence-electron chi connectivity index (χ4n) is 3.43. The lowest BCUT2D eigenvalue weighted by molar-refractivity contribution is -0.137. The summed E-state index contributed by atoms with van der Waals surface area (Å²) >= 11 is 4.23. The van der Waals surface area contributed by atoms with E-state index >= 15 is 0 Å². The van der Waals surface area contributed by atoms with E-state index in [0.29, 0.717) is 10.2 Å². The monoisotopic (exact) mass is 574 g/mol. The molecule has 0 fully saturated rings. The number of nitrogen functional groups attached to an aromatic ring is 1. The molecule has 0 spiro atoms. The van der Waals surface area contributed by atoms with Crippen molar-refractivity contribution in [1.29, 1.82) is 0 Å². The van der Waals surface area contributed by atoms with Crippen molar-refractivity contribution in [3.63, 3.8) is 0 Å². The number of carbonyl (C=O) groups is 2. The summed E-state index contributed by atoms with van der Waals surface area (Å²) in [5, 5.41) is 7.12. The molecule has 12 heteroatoms. The van der Waals surface area contributed by atoms with E-state index in [9.17, 15) is 22.8 Å². The average Bonchev–Trinajstić information content (AvgIpc) is 3.65. The second-order valence-corrected chi connectivity index (χ2v) is 11.0. The van der Waals surface area contributed by atoms with E-state index in [1.165, 1.54) is 17.0 Å². The second kappa shape index (κ2) is 11.3. The van der Waals surface area contributed by atoms with Gasteiger partial charge in [-0.15, -0.1) is 34.0 Å². The Bertz CT molecular complexity index is 1560. The van der Waals surface area contributed by atoms with E-state index in [4.69, 9.17) is 10.7 Å². The minimum atomic E-state index is -4.50. The Kier molecular flexibility index (Phi) is 8.14.